The highest BCUT2D eigenvalue weighted by Gasteiger charge is 2.31. The fourth-order valence-corrected chi connectivity index (χ4v) is 6.42. The van der Waals surface area contributed by atoms with Crippen molar-refractivity contribution in [3.63, 3.8) is 0 Å². The monoisotopic (exact) mass is 577 g/mol. The van der Waals surface area contributed by atoms with Crippen LogP contribution in [0.15, 0.2) is 30.3 Å². The van der Waals surface area contributed by atoms with Gasteiger partial charge in [0.1, 0.15) is 17.5 Å². The van der Waals surface area contributed by atoms with Crippen molar-refractivity contribution < 1.29 is 13.2 Å². The van der Waals surface area contributed by atoms with Crippen LogP contribution in [0.3, 0.4) is 0 Å². The van der Waals surface area contributed by atoms with Gasteiger partial charge in [0.15, 0.2) is 5.65 Å². The Labute approximate surface area is 239 Å². The minimum absolute atomic E-state index is 0.0415. The Bertz CT molecular complexity index is 1710. The van der Waals surface area contributed by atoms with Crippen LogP contribution >= 0.6 is 0 Å². The average Bonchev–Trinajstić information content (AvgIpc) is 3.35. The van der Waals surface area contributed by atoms with E-state index in [1.54, 1.807) is 0 Å². The Balaban J connectivity index is 1.34. The van der Waals surface area contributed by atoms with Crippen molar-refractivity contribution in [3.05, 3.63) is 41.6 Å². The second-order valence-electron chi connectivity index (χ2n) is 11.2. The van der Waals surface area contributed by atoms with Gasteiger partial charge >= 0.3 is 0 Å². The van der Waals surface area contributed by atoms with Crippen LogP contribution in [0.25, 0.3) is 16.6 Å². The Morgan fingerprint density at radius 3 is 2.51 bits per heavy atom. The van der Waals surface area contributed by atoms with Gasteiger partial charge in [-0.05, 0) is 44.7 Å². The Kier molecular flexibility index (Phi) is 6.57. The number of morpholine rings is 1. The number of piperidine rings is 1. The van der Waals surface area contributed by atoms with Crippen LogP contribution in [0.4, 0.5) is 23.4 Å². The van der Waals surface area contributed by atoms with Gasteiger partial charge < -0.3 is 19.4 Å². The summed E-state index contributed by atoms with van der Waals surface area (Å²) in [7, 11) is -3.54. The fourth-order valence-electron chi connectivity index (χ4n) is 6.00. The van der Waals surface area contributed by atoms with Crippen molar-refractivity contribution in [1.82, 2.24) is 24.6 Å². The van der Waals surface area contributed by atoms with Crippen molar-refractivity contribution in [3.8, 4) is 0 Å². The smallest absolute Gasteiger partial charge is 0.239 e. The number of nitrogens with zero attached hydrogens (tertiary/aromatic N) is 8. The minimum Gasteiger partial charge on any atom is -0.378 e. The topological polar surface area (TPSA) is 121 Å². The first-order chi connectivity index (χ1) is 19.8. The third-order valence-electron chi connectivity index (χ3n) is 8.15. The number of ether oxygens (including phenoxy) is 1. The number of sulfonamides is 1. The maximum Gasteiger partial charge on any atom is 0.239 e. The summed E-state index contributed by atoms with van der Waals surface area (Å²) in [6.45, 7) is 7.86. The van der Waals surface area contributed by atoms with Crippen molar-refractivity contribution in [2.24, 2.45) is 0 Å². The number of fused-ring (bicyclic) bond motifs is 2. The first-order valence-electron chi connectivity index (χ1n) is 14.3. The predicted molar refractivity (Wildman–Crippen MR) is 160 cm³/mol. The van der Waals surface area contributed by atoms with Gasteiger partial charge in [-0.15, -0.1) is 0 Å². The maximum atomic E-state index is 12.1. The molecule has 0 bridgehead atoms. The molecule has 0 saturated carbocycles. The van der Waals surface area contributed by atoms with Gasteiger partial charge in [-0.3, -0.25) is 4.72 Å². The Hall–Kier alpha value is -3.71. The first-order valence-corrected chi connectivity index (χ1v) is 16.2. The summed E-state index contributed by atoms with van der Waals surface area (Å²) < 4.78 is 34.3. The summed E-state index contributed by atoms with van der Waals surface area (Å²) in [5, 5.41) is 6.06. The van der Waals surface area contributed by atoms with Crippen molar-refractivity contribution in [1.29, 1.82) is 0 Å². The summed E-state index contributed by atoms with van der Waals surface area (Å²) in [5.41, 5.74) is 3.55. The molecule has 0 amide bonds. The molecular weight excluding hydrogens is 542 g/mol. The highest BCUT2D eigenvalue weighted by molar-refractivity contribution is 7.92. The zero-order valence-electron chi connectivity index (χ0n) is 23.5. The molecule has 0 aliphatic carbocycles. The molecule has 216 valence electrons. The van der Waals surface area contributed by atoms with E-state index in [4.69, 9.17) is 19.8 Å². The molecule has 3 aliphatic heterocycles. The molecule has 13 heteroatoms. The highest BCUT2D eigenvalue weighted by Crippen LogP contribution is 2.38. The Morgan fingerprint density at radius 2 is 1.76 bits per heavy atom. The van der Waals surface area contributed by atoms with E-state index in [9.17, 15) is 8.42 Å². The third-order valence-corrected chi connectivity index (χ3v) is 8.71. The van der Waals surface area contributed by atoms with Crippen molar-refractivity contribution >= 4 is 50.0 Å². The molecule has 3 aromatic heterocycles. The molecule has 0 unspecified atom stereocenters. The highest BCUT2D eigenvalue weighted by atomic mass is 32.2. The molecule has 3 aliphatic rings. The molecule has 6 heterocycles. The van der Waals surface area contributed by atoms with E-state index in [2.05, 4.69) is 42.6 Å². The van der Waals surface area contributed by atoms with E-state index in [-0.39, 0.29) is 12.0 Å². The van der Waals surface area contributed by atoms with E-state index < -0.39 is 10.0 Å². The quantitative estimate of drug-likeness (QED) is 0.366. The number of rotatable bonds is 6. The lowest BCUT2D eigenvalue weighted by Gasteiger charge is -2.36. The number of aromatic nitrogens is 5. The molecule has 12 nitrogen and oxygen atoms in total. The number of benzene rings is 1. The van der Waals surface area contributed by atoms with E-state index in [1.807, 2.05) is 23.6 Å². The number of hydrogen-bond donors (Lipinski definition) is 1. The van der Waals surface area contributed by atoms with E-state index in [0.29, 0.717) is 24.5 Å². The second kappa shape index (κ2) is 10.3. The summed E-state index contributed by atoms with van der Waals surface area (Å²) in [4.78, 5) is 21.2. The minimum atomic E-state index is -3.54. The first kappa shape index (κ1) is 26.2. The molecule has 0 spiro atoms. The standard InChI is InChI=1S/C28H35N9O3S/c1-19-7-8-21-20(16-19)27(31-28(29-21)33-41(2,38)39)36-11-4-3-6-23(36)22-17-25-30-24(34-9-5-10-34)18-26(37(25)32-22)35-12-14-40-15-13-35/h7-8,16-18,23H,3-6,9-15H2,1-2H3,(H,29,31,33)/t23-/m1/s1. The third kappa shape index (κ3) is 5.12. The van der Waals surface area contributed by atoms with Gasteiger partial charge in [0.25, 0.3) is 0 Å². The molecule has 4 aromatic rings. The second-order valence-corrected chi connectivity index (χ2v) is 13.0. The van der Waals surface area contributed by atoms with Gasteiger partial charge in [0.05, 0.1) is 36.7 Å². The number of hydrogen-bond acceptors (Lipinski definition) is 10. The summed E-state index contributed by atoms with van der Waals surface area (Å²) in [6.07, 6.45) is 5.27. The lowest BCUT2D eigenvalue weighted by atomic mass is 9.98. The van der Waals surface area contributed by atoms with Crippen molar-refractivity contribution in [2.45, 2.75) is 38.6 Å². The normalized spacial score (nSPS) is 20.0. The zero-order valence-corrected chi connectivity index (χ0v) is 24.3. The van der Waals surface area contributed by atoms with Crippen LogP contribution in [-0.2, 0) is 14.8 Å². The SMILES string of the molecule is Cc1ccc2nc(NS(C)(=O)=O)nc(N3CCCC[C@@H]3c3cc4nc(N5CCC5)cc(N5CCOCC5)n4n3)c2c1. The van der Waals surface area contributed by atoms with Crippen molar-refractivity contribution in [2.75, 3.05) is 71.6 Å². The molecular formula is C28H35N9O3S. The van der Waals surface area contributed by atoms with Gasteiger partial charge in [0.2, 0.25) is 16.0 Å². The molecule has 1 atom stereocenters. The molecule has 1 N–H and O–H groups in total. The number of nitrogens with one attached hydrogen (secondary N) is 1. The van der Waals surface area contributed by atoms with E-state index in [0.717, 1.165) is 92.2 Å². The molecule has 0 radical (unpaired) electrons. The largest absolute Gasteiger partial charge is 0.378 e. The van der Waals surface area contributed by atoms with E-state index >= 15 is 0 Å². The van der Waals surface area contributed by atoms with Crippen LogP contribution in [0, 0.1) is 6.92 Å². The number of anilines is 4. The average molecular weight is 578 g/mol. The van der Waals surface area contributed by atoms with Crippen LogP contribution in [0.1, 0.15) is 43.0 Å². The summed E-state index contributed by atoms with van der Waals surface area (Å²) >= 11 is 0. The lowest BCUT2D eigenvalue weighted by molar-refractivity contribution is 0.122. The van der Waals surface area contributed by atoms with E-state index in [1.165, 1.54) is 6.42 Å². The van der Waals surface area contributed by atoms with Gasteiger partial charge in [-0.1, -0.05) is 11.6 Å². The maximum absolute atomic E-state index is 12.1. The van der Waals surface area contributed by atoms with Crippen LogP contribution in [0.5, 0.6) is 0 Å². The molecule has 41 heavy (non-hydrogen) atoms. The molecule has 3 saturated heterocycles. The lowest BCUT2D eigenvalue weighted by Crippen LogP contribution is -2.40. The van der Waals surface area contributed by atoms with Crippen LogP contribution in [0.2, 0.25) is 0 Å². The molecule has 7 rings (SSSR count). The predicted octanol–water partition coefficient (Wildman–Crippen LogP) is 3.13. The summed E-state index contributed by atoms with van der Waals surface area (Å²) in [6, 6.07) is 10.2. The fraction of sp³-hybridized carbons (Fsp3) is 0.500. The zero-order chi connectivity index (χ0) is 28.1. The van der Waals surface area contributed by atoms with Gasteiger partial charge in [0, 0.05) is 50.2 Å². The van der Waals surface area contributed by atoms with Crippen LogP contribution < -0.4 is 19.4 Å². The van der Waals surface area contributed by atoms with Crippen LogP contribution in [-0.4, -0.2) is 85.2 Å². The Morgan fingerprint density at radius 1 is 0.927 bits per heavy atom. The van der Waals surface area contributed by atoms with Gasteiger partial charge in [-0.25, -0.2) is 18.4 Å². The number of aryl methyl sites for hydroxylation is 1. The molecule has 1 aromatic carbocycles. The van der Waals surface area contributed by atoms with Gasteiger partial charge in [-0.2, -0.15) is 14.6 Å². The molecule has 3 fully saturated rings. The summed E-state index contributed by atoms with van der Waals surface area (Å²) in [5.74, 6) is 2.82.